The Bertz CT molecular complexity index is 1420. The average molecular weight is 681 g/mol. The minimum atomic E-state index is -1.01. The number of carbonyl (C=O) groups is 3. The molecule has 0 atom stereocenters. The highest BCUT2D eigenvalue weighted by Gasteiger charge is 2.35. The first-order valence-electron chi connectivity index (χ1n) is 10.3. The van der Waals surface area contributed by atoms with E-state index in [1.807, 2.05) is 0 Å². The number of nitrogens with zero attached hydrogens (tertiary/aromatic N) is 1. The van der Waals surface area contributed by atoms with Gasteiger partial charge in [-0.3, -0.25) is 14.9 Å². The van der Waals surface area contributed by atoms with E-state index in [9.17, 15) is 18.8 Å². The van der Waals surface area contributed by atoms with Gasteiger partial charge < -0.3 is 9.84 Å². The zero-order chi connectivity index (χ0) is 26.0. The van der Waals surface area contributed by atoms with Gasteiger partial charge in [-0.15, -0.1) is 0 Å². The fraction of sp³-hybridized carbons (Fsp3) is 0.0400. The van der Waals surface area contributed by atoms with E-state index in [0.717, 1.165) is 10.5 Å². The van der Waals surface area contributed by atoms with Crippen LogP contribution in [-0.4, -0.2) is 28.0 Å². The van der Waals surface area contributed by atoms with Crippen LogP contribution in [0.5, 0.6) is 5.75 Å². The van der Waals surface area contributed by atoms with Gasteiger partial charge in [0.15, 0.2) is 5.11 Å². The highest BCUT2D eigenvalue weighted by atomic mass is 127. The summed E-state index contributed by atoms with van der Waals surface area (Å²) in [7, 11) is 0. The van der Waals surface area contributed by atoms with Crippen LogP contribution in [-0.2, 0) is 16.2 Å². The lowest BCUT2D eigenvalue weighted by Crippen LogP contribution is -2.54. The van der Waals surface area contributed by atoms with Crippen LogP contribution in [0.15, 0.2) is 70.7 Å². The number of hydrogen-bond donors (Lipinski definition) is 2. The summed E-state index contributed by atoms with van der Waals surface area (Å²) in [6.45, 7) is 0.199. The van der Waals surface area contributed by atoms with Gasteiger partial charge in [0.25, 0.3) is 11.8 Å². The molecule has 182 valence electrons. The molecule has 1 saturated heterocycles. The number of hydrogen-bond acceptors (Lipinski definition) is 5. The number of aromatic carboxylic acids is 1. The molecule has 4 rings (SSSR count). The molecule has 0 radical (unpaired) electrons. The van der Waals surface area contributed by atoms with Crippen LogP contribution in [0.4, 0.5) is 10.1 Å². The second-order valence-corrected chi connectivity index (χ2v) is 9.92. The summed E-state index contributed by atoms with van der Waals surface area (Å²) >= 11 is 10.6. The summed E-state index contributed by atoms with van der Waals surface area (Å²) in [5.41, 5.74) is 1.23. The van der Waals surface area contributed by atoms with Gasteiger partial charge in [0.1, 0.15) is 23.7 Å². The van der Waals surface area contributed by atoms with Crippen molar-refractivity contribution in [2.75, 3.05) is 4.90 Å². The lowest BCUT2D eigenvalue weighted by Gasteiger charge is -2.29. The largest absolute Gasteiger partial charge is 0.487 e. The van der Waals surface area contributed by atoms with Crippen molar-refractivity contribution < 1.29 is 28.6 Å². The van der Waals surface area contributed by atoms with E-state index < -0.39 is 23.6 Å². The predicted octanol–water partition coefficient (Wildman–Crippen LogP) is 5.30. The van der Waals surface area contributed by atoms with Crippen LogP contribution in [0.2, 0.25) is 0 Å². The van der Waals surface area contributed by atoms with E-state index in [2.05, 4.69) is 43.8 Å². The van der Waals surface area contributed by atoms with Crippen LogP contribution in [0.25, 0.3) is 6.08 Å². The average Bonchev–Trinajstić information content (AvgIpc) is 2.82. The number of carboxylic acids is 1. The quantitative estimate of drug-likeness (QED) is 0.159. The van der Waals surface area contributed by atoms with Gasteiger partial charge in [-0.2, -0.15) is 0 Å². The van der Waals surface area contributed by atoms with E-state index >= 15 is 0 Å². The summed E-state index contributed by atoms with van der Waals surface area (Å²) < 4.78 is 21.5. The van der Waals surface area contributed by atoms with Crippen LogP contribution in [0.3, 0.4) is 0 Å². The zero-order valence-corrected chi connectivity index (χ0v) is 22.7. The molecule has 0 spiro atoms. The zero-order valence-electron chi connectivity index (χ0n) is 18.1. The maximum Gasteiger partial charge on any atom is 0.335 e. The molecule has 1 heterocycles. The van der Waals surface area contributed by atoms with Gasteiger partial charge >= 0.3 is 5.97 Å². The highest BCUT2D eigenvalue weighted by Crippen LogP contribution is 2.34. The Morgan fingerprint density at radius 3 is 2.50 bits per heavy atom. The first kappa shape index (κ1) is 25.9. The van der Waals surface area contributed by atoms with E-state index in [1.54, 1.807) is 30.3 Å². The number of thiocarbonyl (C=S) groups is 1. The molecule has 0 aromatic heterocycles. The van der Waals surface area contributed by atoms with Gasteiger partial charge in [0.2, 0.25) is 0 Å². The normalized spacial score (nSPS) is 14.7. The maximum absolute atomic E-state index is 14.3. The Kier molecular flexibility index (Phi) is 7.81. The number of rotatable bonds is 6. The predicted molar refractivity (Wildman–Crippen MR) is 147 cm³/mol. The molecule has 7 nitrogen and oxygen atoms in total. The van der Waals surface area contributed by atoms with Gasteiger partial charge in [0.05, 0.1) is 19.3 Å². The van der Waals surface area contributed by atoms with Gasteiger partial charge in [-0.25, -0.2) is 14.1 Å². The molecule has 36 heavy (non-hydrogen) atoms. The second-order valence-electron chi connectivity index (χ2n) is 7.51. The van der Waals surface area contributed by atoms with Crippen LogP contribution in [0, 0.1) is 9.39 Å². The van der Waals surface area contributed by atoms with Gasteiger partial charge in [0, 0.05) is 0 Å². The Labute approximate surface area is 232 Å². The molecule has 2 N–H and O–H groups in total. The molecule has 0 bridgehead atoms. The molecular formula is C25H15BrFIN2O5S. The molecule has 0 unspecified atom stereocenters. The van der Waals surface area contributed by atoms with E-state index in [0.29, 0.717) is 19.4 Å². The van der Waals surface area contributed by atoms with Crippen molar-refractivity contribution >= 4 is 85.4 Å². The van der Waals surface area contributed by atoms with Crippen LogP contribution in [0.1, 0.15) is 21.5 Å². The summed E-state index contributed by atoms with van der Waals surface area (Å²) in [4.78, 5) is 37.6. The summed E-state index contributed by atoms with van der Waals surface area (Å²) in [5, 5.41) is 11.2. The number of para-hydroxylation sites is 1. The topological polar surface area (TPSA) is 95.9 Å². The fourth-order valence-electron chi connectivity index (χ4n) is 3.38. The van der Waals surface area contributed by atoms with Crippen molar-refractivity contribution in [2.24, 2.45) is 0 Å². The lowest BCUT2D eigenvalue weighted by molar-refractivity contribution is -0.122. The van der Waals surface area contributed by atoms with Gasteiger partial charge in [-0.1, -0.05) is 24.3 Å². The van der Waals surface area contributed by atoms with Crippen LogP contribution < -0.4 is 15.0 Å². The highest BCUT2D eigenvalue weighted by molar-refractivity contribution is 14.1. The number of benzene rings is 3. The summed E-state index contributed by atoms with van der Waals surface area (Å²) in [6.07, 6.45) is 1.40. The molecule has 1 fully saturated rings. The molecule has 1 aliphatic heterocycles. The Morgan fingerprint density at radius 2 is 1.86 bits per heavy atom. The van der Waals surface area contributed by atoms with Crippen LogP contribution >= 0.6 is 50.7 Å². The molecular weight excluding hydrogens is 666 g/mol. The van der Waals surface area contributed by atoms with Crippen molar-refractivity contribution in [1.82, 2.24) is 5.32 Å². The van der Waals surface area contributed by atoms with Gasteiger partial charge in [-0.05, 0) is 104 Å². The lowest BCUT2D eigenvalue weighted by atomic mass is 10.1. The minimum absolute atomic E-state index is 0.0608. The number of anilines is 1. The number of ether oxygens (including phenoxy) is 1. The third kappa shape index (κ3) is 5.47. The molecule has 3 aromatic rings. The second kappa shape index (κ2) is 10.8. The molecule has 2 amide bonds. The van der Waals surface area contributed by atoms with E-state index in [1.165, 1.54) is 36.4 Å². The first-order valence-corrected chi connectivity index (χ1v) is 12.5. The first-order chi connectivity index (χ1) is 17.2. The molecule has 1 aliphatic rings. The fourth-order valence-corrected chi connectivity index (χ4v) is 5.42. The summed E-state index contributed by atoms with van der Waals surface area (Å²) in [5.74, 6) is -2.55. The Balaban J connectivity index is 1.58. The van der Waals surface area contributed by atoms with E-state index in [4.69, 9.17) is 22.1 Å². The SMILES string of the molecule is O=C1NC(=S)N(c2ccccc2F)C(=O)/C1=C/c1cc(Br)c(OCc2ccc(C(=O)O)cc2)c(I)c1. The third-order valence-corrected chi connectivity index (χ3v) is 6.79. The molecule has 0 aliphatic carbocycles. The van der Waals surface area contributed by atoms with Crippen molar-refractivity contribution in [3.05, 3.63) is 96.8 Å². The monoisotopic (exact) mass is 680 g/mol. The third-order valence-electron chi connectivity index (χ3n) is 5.11. The van der Waals surface area contributed by atoms with E-state index in [-0.39, 0.29) is 28.5 Å². The Morgan fingerprint density at radius 1 is 1.17 bits per heavy atom. The van der Waals surface area contributed by atoms with Crippen molar-refractivity contribution in [1.29, 1.82) is 0 Å². The number of carbonyl (C=O) groups excluding carboxylic acids is 2. The number of halogens is 3. The number of carboxylic acid groups (broad SMARTS) is 1. The van der Waals surface area contributed by atoms with Crippen molar-refractivity contribution in [3.63, 3.8) is 0 Å². The van der Waals surface area contributed by atoms with Crippen molar-refractivity contribution in [2.45, 2.75) is 6.61 Å². The molecule has 11 heteroatoms. The standard InChI is InChI=1S/C25H15BrFIN2O5S/c26-17-10-14(11-19(28)21(17)35-12-13-5-7-15(8-6-13)24(33)34)9-16-22(31)29-25(36)30(23(16)32)20-4-2-1-3-18(20)27/h1-11H,12H2,(H,33,34)(H,29,31,36)/b16-9+. The number of nitrogens with one attached hydrogen (secondary N) is 1. The van der Waals surface area contributed by atoms with Crippen molar-refractivity contribution in [3.8, 4) is 5.75 Å². The smallest absolute Gasteiger partial charge is 0.335 e. The molecule has 0 saturated carbocycles. The maximum atomic E-state index is 14.3. The minimum Gasteiger partial charge on any atom is -0.487 e. The summed E-state index contributed by atoms with van der Waals surface area (Å²) in [6, 6.07) is 15.4. The number of amides is 2. The molecule has 3 aromatic carbocycles. The Hall–Kier alpha value is -3.16.